The third-order valence-corrected chi connectivity index (χ3v) is 6.66. The highest BCUT2D eigenvalue weighted by Crippen LogP contribution is 2.44. The molecule has 2 unspecified atom stereocenters. The normalized spacial score (nSPS) is 19.6. The molecule has 2 aromatic carbocycles. The molecule has 0 bridgehead atoms. The summed E-state index contributed by atoms with van der Waals surface area (Å²) in [6, 6.07) is 13.4. The Kier molecular flexibility index (Phi) is 7.41. The first-order valence-corrected chi connectivity index (χ1v) is 12.1. The molecule has 0 amide bonds. The number of Topliss-reactive ketones (excluding diaryl/α,β-unsaturated/α-hetero) is 1. The summed E-state index contributed by atoms with van der Waals surface area (Å²) in [4.78, 5) is 26.1. The highest BCUT2D eigenvalue weighted by Gasteiger charge is 2.43. The minimum atomic E-state index is -0.455. The van der Waals surface area contributed by atoms with Gasteiger partial charge < -0.3 is 19.5 Å². The van der Waals surface area contributed by atoms with Crippen LogP contribution in [0.25, 0.3) is 0 Å². The average molecular weight is 526 g/mol. The molecule has 1 heterocycles. The van der Waals surface area contributed by atoms with E-state index in [1.54, 1.807) is 14.0 Å². The maximum Gasteiger partial charge on any atom is 0.336 e. The number of hydrogen-bond donors (Lipinski definition) is 1. The topological polar surface area (TPSA) is 73.9 Å². The fourth-order valence-corrected chi connectivity index (χ4v) is 5.05. The monoisotopic (exact) mass is 525 g/mol. The van der Waals surface area contributed by atoms with Gasteiger partial charge in [-0.2, -0.15) is 0 Å². The lowest BCUT2D eigenvalue weighted by atomic mass is 9.71. The van der Waals surface area contributed by atoms with Gasteiger partial charge in [0.05, 0.1) is 25.2 Å². The minimum absolute atomic E-state index is 0.118. The molecule has 34 heavy (non-hydrogen) atoms. The van der Waals surface area contributed by atoms with Crippen LogP contribution in [0.3, 0.4) is 0 Å². The van der Waals surface area contributed by atoms with Crippen LogP contribution in [0.1, 0.15) is 43.7 Å². The molecule has 1 aliphatic carbocycles. The number of ketones is 1. The van der Waals surface area contributed by atoms with E-state index < -0.39 is 17.8 Å². The van der Waals surface area contributed by atoms with E-state index in [1.807, 2.05) is 49.4 Å². The van der Waals surface area contributed by atoms with Crippen LogP contribution in [-0.4, -0.2) is 25.5 Å². The van der Waals surface area contributed by atoms with E-state index in [9.17, 15) is 9.59 Å². The van der Waals surface area contributed by atoms with Crippen molar-refractivity contribution < 1.29 is 23.8 Å². The number of carbonyl (C=O) groups excluding carboxylic acids is 2. The van der Waals surface area contributed by atoms with Crippen LogP contribution in [0, 0.1) is 5.92 Å². The van der Waals surface area contributed by atoms with Gasteiger partial charge in [0.25, 0.3) is 0 Å². The molecule has 0 saturated carbocycles. The SMILES string of the molecule is CCOC(=O)C1=C(C)NC2=CCCC(=O)C2C1c1ccc(OC)c(COc2cccc(Br)c2)c1. The summed E-state index contributed by atoms with van der Waals surface area (Å²) in [6.07, 6.45) is 3.21. The first-order valence-electron chi connectivity index (χ1n) is 11.4. The molecule has 0 spiro atoms. The highest BCUT2D eigenvalue weighted by atomic mass is 79.9. The van der Waals surface area contributed by atoms with Crippen molar-refractivity contribution in [3.63, 3.8) is 0 Å². The van der Waals surface area contributed by atoms with Crippen molar-refractivity contribution in [1.29, 1.82) is 0 Å². The molecule has 2 aromatic rings. The van der Waals surface area contributed by atoms with Crippen LogP contribution in [0.4, 0.5) is 0 Å². The zero-order valence-electron chi connectivity index (χ0n) is 19.5. The Morgan fingerprint density at radius 1 is 1.18 bits per heavy atom. The van der Waals surface area contributed by atoms with Crippen LogP contribution in [0.15, 0.2) is 70.0 Å². The average Bonchev–Trinajstić information content (AvgIpc) is 2.82. The second-order valence-corrected chi connectivity index (χ2v) is 9.24. The molecule has 0 saturated heterocycles. The summed E-state index contributed by atoms with van der Waals surface area (Å²) in [7, 11) is 1.61. The summed E-state index contributed by atoms with van der Waals surface area (Å²) in [5.41, 5.74) is 3.73. The standard InChI is InChI=1S/C27H28BrNO5/c1-4-33-27(31)24-16(2)29-21-9-6-10-22(30)26(21)25(24)17-11-12-23(32-3)18(13-17)15-34-20-8-5-7-19(28)14-20/h5,7-9,11-14,25-26,29H,4,6,10,15H2,1-3H3. The number of rotatable bonds is 7. The summed E-state index contributed by atoms with van der Waals surface area (Å²) in [6.45, 7) is 4.17. The van der Waals surface area contributed by atoms with Crippen molar-refractivity contribution >= 4 is 27.7 Å². The predicted octanol–water partition coefficient (Wildman–Crippen LogP) is 5.42. The van der Waals surface area contributed by atoms with Crippen molar-refractivity contribution in [3.05, 3.63) is 81.1 Å². The van der Waals surface area contributed by atoms with Gasteiger partial charge in [0.1, 0.15) is 23.9 Å². The van der Waals surface area contributed by atoms with Crippen molar-refractivity contribution in [1.82, 2.24) is 5.32 Å². The van der Waals surface area contributed by atoms with Crippen LogP contribution in [0.2, 0.25) is 0 Å². The van der Waals surface area contributed by atoms with Gasteiger partial charge in [0, 0.05) is 33.8 Å². The zero-order chi connectivity index (χ0) is 24.2. The van der Waals surface area contributed by atoms with Gasteiger partial charge in [-0.05, 0) is 56.2 Å². The molecule has 6 nitrogen and oxygen atoms in total. The summed E-state index contributed by atoms with van der Waals surface area (Å²) in [5.74, 6) is 0.208. The van der Waals surface area contributed by atoms with Crippen molar-refractivity contribution in [3.8, 4) is 11.5 Å². The number of methoxy groups -OCH3 is 1. The van der Waals surface area contributed by atoms with E-state index in [2.05, 4.69) is 27.3 Å². The molecule has 4 rings (SSSR count). The van der Waals surface area contributed by atoms with Crippen molar-refractivity contribution in [2.24, 2.45) is 5.92 Å². The number of carbonyl (C=O) groups is 2. The lowest BCUT2D eigenvalue weighted by Gasteiger charge is -2.38. The fourth-order valence-electron chi connectivity index (χ4n) is 4.67. The van der Waals surface area contributed by atoms with Crippen molar-refractivity contribution in [2.45, 2.75) is 39.2 Å². The Morgan fingerprint density at radius 2 is 2.00 bits per heavy atom. The second kappa shape index (κ2) is 10.5. The van der Waals surface area contributed by atoms with Crippen molar-refractivity contribution in [2.75, 3.05) is 13.7 Å². The Hall–Kier alpha value is -3.06. The van der Waals surface area contributed by atoms with Gasteiger partial charge in [-0.1, -0.05) is 34.1 Å². The van der Waals surface area contributed by atoms with E-state index in [-0.39, 0.29) is 19.0 Å². The van der Waals surface area contributed by atoms with Gasteiger partial charge >= 0.3 is 5.97 Å². The van der Waals surface area contributed by atoms with Gasteiger partial charge in [-0.25, -0.2) is 4.79 Å². The largest absolute Gasteiger partial charge is 0.496 e. The number of nitrogens with one attached hydrogen (secondary N) is 1. The maximum atomic E-state index is 13.1. The Balaban J connectivity index is 1.76. The third-order valence-electron chi connectivity index (χ3n) is 6.17. The van der Waals surface area contributed by atoms with E-state index >= 15 is 0 Å². The van der Waals surface area contributed by atoms with Crippen LogP contribution in [0.5, 0.6) is 11.5 Å². The van der Waals surface area contributed by atoms with E-state index in [0.29, 0.717) is 29.9 Å². The fraction of sp³-hybridized carbons (Fsp3) is 0.333. The molecular formula is C27H28BrNO5. The molecule has 1 aliphatic heterocycles. The number of esters is 1. The molecular weight excluding hydrogens is 498 g/mol. The summed E-state index contributed by atoms with van der Waals surface area (Å²) >= 11 is 3.46. The molecule has 2 atom stereocenters. The lowest BCUT2D eigenvalue weighted by Crippen LogP contribution is -2.40. The smallest absolute Gasteiger partial charge is 0.336 e. The molecule has 1 N–H and O–H groups in total. The lowest BCUT2D eigenvalue weighted by molar-refractivity contribution is -0.139. The number of fused-ring (bicyclic) bond motifs is 1. The van der Waals surface area contributed by atoms with Crippen LogP contribution >= 0.6 is 15.9 Å². The summed E-state index contributed by atoms with van der Waals surface area (Å²) < 4.78 is 17.9. The van der Waals surface area contributed by atoms with Crippen LogP contribution in [-0.2, 0) is 20.9 Å². The zero-order valence-corrected chi connectivity index (χ0v) is 21.1. The first kappa shape index (κ1) is 24.1. The molecule has 0 fully saturated rings. The number of benzene rings is 2. The number of halogens is 1. The second-order valence-electron chi connectivity index (χ2n) is 8.32. The highest BCUT2D eigenvalue weighted by molar-refractivity contribution is 9.10. The Labute approximate surface area is 208 Å². The third kappa shape index (κ3) is 4.89. The molecule has 0 radical (unpaired) electrons. The maximum absolute atomic E-state index is 13.1. The minimum Gasteiger partial charge on any atom is -0.496 e. The van der Waals surface area contributed by atoms with Gasteiger partial charge in [-0.3, -0.25) is 4.79 Å². The molecule has 178 valence electrons. The number of ether oxygens (including phenoxy) is 3. The van der Waals surface area contributed by atoms with Crippen LogP contribution < -0.4 is 14.8 Å². The summed E-state index contributed by atoms with van der Waals surface area (Å²) in [5, 5.41) is 3.29. The number of hydrogen-bond acceptors (Lipinski definition) is 6. The molecule has 2 aliphatic rings. The molecule has 7 heteroatoms. The van der Waals surface area contributed by atoms with Gasteiger partial charge in [0.2, 0.25) is 0 Å². The quantitative estimate of drug-likeness (QED) is 0.486. The van der Waals surface area contributed by atoms with Gasteiger partial charge in [-0.15, -0.1) is 0 Å². The van der Waals surface area contributed by atoms with E-state index in [1.165, 1.54) is 0 Å². The van der Waals surface area contributed by atoms with E-state index in [4.69, 9.17) is 14.2 Å². The molecule has 0 aromatic heterocycles. The Bertz CT molecular complexity index is 1170. The van der Waals surface area contributed by atoms with E-state index in [0.717, 1.165) is 27.0 Å². The predicted molar refractivity (Wildman–Crippen MR) is 132 cm³/mol. The number of allylic oxidation sites excluding steroid dienone is 3. The Morgan fingerprint density at radius 3 is 2.74 bits per heavy atom. The first-order chi connectivity index (χ1) is 16.4. The van der Waals surface area contributed by atoms with Gasteiger partial charge in [0.15, 0.2) is 0 Å².